The molecule has 0 bridgehead atoms. The Hall–Kier alpha value is -1.52. The van der Waals surface area contributed by atoms with Gasteiger partial charge in [-0.25, -0.2) is 9.78 Å². The Morgan fingerprint density at radius 2 is 2.33 bits per heavy atom. The number of hydrogen-bond acceptors (Lipinski definition) is 3. The van der Waals surface area contributed by atoms with Crippen LogP contribution in [0.15, 0.2) is 23.3 Å². The lowest BCUT2D eigenvalue weighted by Crippen LogP contribution is -2.03. The lowest BCUT2D eigenvalue weighted by Gasteiger charge is -1.61. The molecular weight excluding hydrogens is 124 g/mol. The van der Waals surface area contributed by atoms with Gasteiger partial charge in [-0.1, -0.05) is 0 Å². The Bertz CT molecular complexity index is 128. The van der Waals surface area contributed by atoms with E-state index in [4.69, 9.17) is 9.90 Å². The number of hydrogen-bond donors (Lipinski definition) is 2. The van der Waals surface area contributed by atoms with E-state index in [-0.39, 0.29) is 0 Å². The van der Waals surface area contributed by atoms with Gasteiger partial charge in [-0.2, -0.15) is 0 Å². The first-order chi connectivity index (χ1) is 4.23. The number of carboxylic acid groups (broad SMARTS) is 1. The highest BCUT2D eigenvalue weighted by Gasteiger charge is 1.65. The molecule has 5 nitrogen and oxygen atoms in total. The molecule has 1 heterocycles. The largest absolute Gasteiger partial charge is 0.465 e. The molecular formula is C4H6N2O3. The maximum absolute atomic E-state index is 8.78. The molecule has 3 N–H and O–H groups in total. The minimum absolute atomic E-state index is 1.33. The van der Waals surface area contributed by atoms with Crippen LogP contribution in [0, 0.1) is 0 Å². The van der Waals surface area contributed by atoms with Gasteiger partial charge < -0.3 is 15.3 Å². The minimum Gasteiger partial charge on any atom is -0.465 e. The summed E-state index contributed by atoms with van der Waals surface area (Å²) in [5.74, 6) is 0. The van der Waals surface area contributed by atoms with E-state index in [1.54, 1.807) is 6.20 Å². The number of carbonyl (C=O) groups is 1. The zero-order chi connectivity index (χ0) is 7.11. The third kappa shape index (κ3) is 10.7. The summed E-state index contributed by atoms with van der Waals surface area (Å²) in [7, 11) is 0. The predicted octanol–water partition coefficient (Wildman–Crippen LogP) is 0.298. The molecule has 1 rings (SSSR count). The molecule has 0 radical (unpaired) electrons. The summed E-state index contributed by atoms with van der Waals surface area (Å²) < 4.78 is 4.47. The fourth-order valence-corrected chi connectivity index (χ4v) is 0.176. The second kappa shape index (κ2) is 4.63. The van der Waals surface area contributed by atoms with Crippen molar-refractivity contribution in [3.63, 3.8) is 0 Å². The Balaban J connectivity index is 0.000000148. The first kappa shape index (κ1) is 7.48. The maximum Gasteiger partial charge on any atom is 0.402 e. The molecule has 1 amide bonds. The quantitative estimate of drug-likeness (QED) is 0.528. The molecule has 50 valence electrons. The van der Waals surface area contributed by atoms with Gasteiger partial charge in [0, 0.05) is 0 Å². The average Bonchev–Trinajstić information content (AvgIpc) is 2.11. The van der Waals surface area contributed by atoms with Crippen LogP contribution in [0.5, 0.6) is 0 Å². The normalized spacial score (nSPS) is 7.11. The Kier molecular flexibility index (Phi) is 3.85. The zero-order valence-electron chi connectivity index (χ0n) is 4.52. The second-order valence-electron chi connectivity index (χ2n) is 1.01. The first-order valence-electron chi connectivity index (χ1n) is 2.04. The number of aromatic nitrogens is 1. The maximum atomic E-state index is 8.78. The highest BCUT2D eigenvalue weighted by molar-refractivity contribution is 5.61. The van der Waals surface area contributed by atoms with Crippen LogP contribution in [-0.4, -0.2) is 16.2 Å². The topological polar surface area (TPSA) is 89.4 Å². The van der Waals surface area contributed by atoms with Crippen molar-refractivity contribution >= 4 is 6.09 Å². The Morgan fingerprint density at radius 3 is 2.44 bits per heavy atom. The minimum atomic E-state index is -1.33. The Labute approximate surface area is 51.1 Å². The fourth-order valence-electron chi connectivity index (χ4n) is 0.176. The van der Waals surface area contributed by atoms with E-state index >= 15 is 0 Å². The number of primary amides is 1. The van der Waals surface area contributed by atoms with Crippen LogP contribution in [-0.2, 0) is 0 Å². The van der Waals surface area contributed by atoms with E-state index in [0.29, 0.717) is 0 Å². The first-order valence-corrected chi connectivity index (χ1v) is 2.04. The third-order valence-electron chi connectivity index (χ3n) is 0.347. The van der Waals surface area contributed by atoms with Gasteiger partial charge >= 0.3 is 6.09 Å². The number of nitrogens with two attached hydrogens (primary N) is 1. The number of amides is 1. The van der Waals surface area contributed by atoms with Gasteiger partial charge in [-0.3, -0.25) is 0 Å². The van der Waals surface area contributed by atoms with Crippen LogP contribution in [0.4, 0.5) is 4.79 Å². The van der Waals surface area contributed by atoms with Gasteiger partial charge in [0.15, 0.2) is 6.39 Å². The smallest absolute Gasteiger partial charge is 0.402 e. The fraction of sp³-hybridized carbons (Fsp3) is 0. The van der Waals surface area contributed by atoms with E-state index in [1.165, 1.54) is 12.7 Å². The number of rotatable bonds is 0. The third-order valence-corrected chi connectivity index (χ3v) is 0.347. The van der Waals surface area contributed by atoms with Crippen LogP contribution in [0.2, 0.25) is 0 Å². The summed E-state index contributed by atoms with van der Waals surface area (Å²) in [6.45, 7) is 0. The highest BCUT2D eigenvalue weighted by atomic mass is 16.4. The summed E-state index contributed by atoms with van der Waals surface area (Å²) in [5.41, 5.74) is 4.03. The van der Waals surface area contributed by atoms with Gasteiger partial charge in [0.05, 0.1) is 6.20 Å². The van der Waals surface area contributed by atoms with E-state index in [1.807, 2.05) is 0 Å². The van der Waals surface area contributed by atoms with Gasteiger partial charge in [-0.05, 0) is 0 Å². The molecule has 0 aliphatic heterocycles. The van der Waals surface area contributed by atoms with Gasteiger partial charge in [-0.15, -0.1) is 0 Å². The number of oxazole rings is 1. The summed E-state index contributed by atoms with van der Waals surface area (Å²) >= 11 is 0. The van der Waals surface area contributed by atoms with E-state index in [9.17, 15) is 0 Å². The molecule has 0 spiro atoms. The van der Waals surface area contributed by atoms with Crippen LogP contribution in [0.1, 0.15) is 0 Å². The van der Waals surface area contributed by atoms with Crippen LogP contribution in [0.3, 0.4) is 0 Å². The standard InChI is InChI=1S/C3H3NO.CH3NO2/c1-2-5-3-4-1;2-1(3)4/h1-3H;2H2,(H,3,4). The van der Waals surface area contributed by atoms with Crippen molar-refractivity contribution in [3.05, 3.63) is 18.9 Å². The van der Waals surface area contributed by atoms with Crippen LogP contribution >= 0.6 is 0 Å². The monoisotopic (exact) mass is 130 g/mol. The second-order valence-corrected chi connectivity index (χ2v) is 1.01. The molecule has 0 fully saturated rings. The summed E-state index contributed by atoms with van der Waals surface area (Å²) in [6, 6.07) is 0. The van der Waals surface area contributed by atoms with Crippen molar-refractivity contribution in [2.75, 3.05) is 0 Å². The molecule has 0 saturated carbocycles. The predicted molar refractivity (Wildman–Crippen MR) is 28.7 cm³/mol. The molecule has 0 aliphatic rings. The van der Waals surface area contributed by atoms with Crippen molar-refractivity contribution < 1.29 is 14.3 Å². The van der Waals surface area contributed by atoms with Gasteiger partial charge in [0.1, 0.15) is 6.26 Å². The van der Waals surface area contributed by atoms with Crippen molar-refractivity contribution in [2.45, 2.75) is 0 Å². The van der Waals surface area contributed by atoms with Gasteiger partial charge in [0.25, 0.3) is 0 Å². The summed E-state index contributed by atoms with van der Waals surface area (Å²) in [6.07, 6.45) is 3.14. The molecule has 0 atom stereocenters. The van der Waals surface area contributed by atoms with E-state index in [2.05, 4.69) is 15.1 Å². The lowest BCUT2D eigenvalue weighted by molar-refractivity contribution is 0.205. The van der Waals surface area contributed by atoms with Crippen molar-refractivity contribution in [1.82, 2.24) is 4.98 Å². The molecule has 9 heavy (non-hydrogen) atoms. The Morgan fingerprint density at radius 1 is 1.78 bits per heavy atom. The van der Waals surface area contributed by atoms with E-state index < -0.39 is 6.09 Å². The van der Waals surface area contributed by atoms with Crippen LogP contribution in [0.25, 0.3) is 0 Å². The number of nitrogens with zero attached hydrogens (tertiary/aromatic N) is 1. The summed E-state index contributed by atoms with van der Waals surface area (Å²) in [4.78, 5) is 12.3. The van der Waals surface area contributed by atoms with Crippen molar-refractivity contribution in [1.29, 1.82) is 0 Å². The molecule has 0 aliphatic carbocycles. The molecule has 1 aromatic heterocycles. The molecule has 0 unspecified atom stereocenters. The molecule has 5 heteroatoms. The molecule has 1 aromatic rings. The zero-order valence-corrected chi connectivity index (χ0v) is 4.52. The highest BCUT2D eigenvalue weighted by Crippen LogP contribution is 1.72. The van der Waals surface area contributed by atoms with E-state index in [0.717, 1.165) is 0 Å². The average molecular weight is 130 g/mol. The van der Waals surface area contributed by atoms with Crippen molar-refractivity contribution in [2.24, 2.45) is 5.73 Å². The lowest BCUT2D eigenvalue weighted by atomic mass is 11.0. The molecule has 0 aromatic carbocycles. The summed E-state index contributed by atoms with van der Waals surface area (Å²) in [5, 5.41) is 7.19. The van der Waals surface area contributed by atoms with Crippen molar-refractivity contribution in [3.8, 4) is 0 Å². The SMILES string of the molecule is NC(=O)O.c1cocn1. The van der Waals surface area contributed by atoms with Gasteiger partial charge in [0.2, 0.25) is 0 Å². The van der Waals surface area contributed by atoms with Crippen LogP contribution < -0.4 is 5.73 Å². The molecule has 0 saturated heterocycles.